The second kappa shape index (κ2) is 16.4. The minimum atomic E-state index is -0.688. The first-order chi connectivity index (χ1) is 26.0. The minimum Gasteiger partial charge on any atom is -0.453 e. The maximum Gasteiger partial charge on any atom is 0.407 e. The zero-order valence-electron chi connectivity index (χ0n) is 31.6. The van der Waals surface area contributed by atoms with Crippen LogP contribution in [0.25, 0.3) is 33.6 Å². The van der Waals surface area contributed by atoms with Gasteiger partial charge in [-0.15, -0.1) is 0 Å². The van der Waals surface area contributed by atoms with E-state index in [0.717, 1.165) is 52.3 Å². The first kappa shape index (κ1) is 37.8. The van der Waals surface area contributed by atoms with Crippen molar-refractivity contribution >= 4 is 23.9 Å². The number of likely N-dealkylation sites (tertiary alicyclic amines) is 1. The van der Waals surface area contributed by atoms with Crippen molar-refractivity contribution in [3.63, 3.8) is 0 Å². The molecule has 4 heterocycles. The number of H-pyrrole nitrogens is 2. The van der Waals surface area contributed by atoms with E-state index in [1.165, 1.54) is 14.2 Å². The van der Waals surface area contributed by atoms with Gasteiger partial charge < -0.3 is 40.5 Å². The van der Waals surface area contributed by atoms with Crippen molar-refractivity contribution in [2.75, 3.05) is 27.2 Å². The topological polar surface area (TPSA) is 177 Å². The highest BCUT2D eigenvalue weighted by Gasteiger charge is 2.38. The highest BCUT2D eigenvalue weighted by atomic mass is 16.5. The van der Waals surface area contributed by atoms with Crippen LogP contribution in [0, 0.1) is 11.8 Å². The number of amides is 5. The number of urea groups is 1. The van der Waals surface area contributed by atoms with Crippen LogP contribution in [0.15, 0.2) is 73.1 Å². The number of hydrogen-bond donors (Lipinski definition) is 5. The SMILES string of the molecule is CNC(=O)NC(C(=O)N1CC=C[C@H]1c1ncc(-c2ccc(-c3ccc(-c4cnc(C5CCCN5C(=O)[C@@H](NC(=O)OC)C(C)C)[nH]4)cc3)cc2)[nH]1)C(C)C. The van der Waals surface area contributed by atoms with Crippen molar-refractivity contribution < 1.29 is 23.9 Å². The van der Waals surface area contributed by atoms with Crippen LogP contribution in [0.2, 0.25) is 0 Å². The van der Waals surface area contributed by atoms with Gasteiger partial charge in [0, 0.05) is 20.1 Å². The van der Waals surface area contributed by atoms with E-state index in [4.69, 9.17) is 4.74 Å². The quantitative estimate of drug-likeness (QED) is 0.125. The molecule has 54 heavy (non-hydrogen) atoms. The lowest BCUT2D eigenvalue weighted by molar-refractivity contribution is -0.136. The summed E-state index contributed by atoms with van der Waals surface area (Å²) in [4.78, 5) is 70.6. The monoisotopic (exact) mass is 735 g/mol. The van der Waals surface area contributed by atoms with Gasteiger partial charge in [0.15, 0.2) is 0 Å². The summed E-state index contributed by atoms with van der Waals surface area (Å²) < 4.78 is 4.75. The summed E-state index contributed by atoms with van der Waals surface area (Å²) in [5.41, 5.74) is 5.72. The molecule has 2 aromatic carbocycles. The van der Waals surface area contributed by atoms with Gasteiger partial charge >= 0.3 is 12.1 Å². The van der Waals surface area contributed by atoms with Crippen LogP contribution >= 0.6 is 0 Å². The molecule has 0 aliphatic carbocycles. The minimum absolute atomic E-state index is 0.0919. The predicted octanol–water partition coefficient (Wildman–Crippen LogP) is 5.57. The molecule has 2 unspecified atom stereocenters. The molecule has 0 bridgehead atoms. The van der Waals surface area contributed by atoms with Crippen LogP contribution in [0.1, 0.15) is 64.3 Å². The van der Waals surface area contributed by atoms with Gasteiger partial charge in [0.1, 0.15) is 29.8 Å². The van der Waals surface area contributed by atoms with Gasteiger partial charge in [-0.2, -0.15) is 0 Å². The summed E-state index contributed by atoms with van der Waals surface area (Å²) in [5, 5.41) is 7.99. The third-order valence-corrected chi connectivity index (χ3v) is 10.1. The third kappa shape index (κ3) is 8.02. The Morgan fingerprint density at radius 2 is 1.28 bits per heavy atom. The van der Waals surface area contributed by atoms with Gasteiger partial charge in [0.2, 0.25) is 11.8 Å². The second-order valence-corrected chi connectivity index (χ2v) is 14.4. The number of ether oxygens (including phenoxy) is 1. The number of hydrogen-bond acceptors (Lipinski definition) is 7. The van der Waals surface area contributed by atoms with Gasteiger partial charge in [0.25, 0.3) is 0 Å². The molecular formula is C40H49N9O5. The number of alkyl carbamates (subject to hydrolysis) is 1. The number of imidazole rings is 2. The van der Waals surface area contributed by atoms with E-state index >= 15 is 0 Å². The second-order valence-electron chi connectivity index (χ2n) is 14.4. The fourth-order valence-corrected chi connectivity index (χ4v) is 7.06. The molecule has 284 valence electrons. The van der Waals surface area contributed by atoms with E-state index in [1.807, 2.05) is 64.1 Å². The zero-order valence-corrected chi connectivity index (χ0v) is 31.6. The van der Waals surface area contributed by atoms with E-state index in [2.05, 4.69) is 60.2 Å². The van der Waals surface area contributed by atoms with E-state index in [0.29, 0.717) is 18.9 Å². The number of nitrogens with zero attached hydrogens (tertiary/aromatic N) is 4. The lowest BCUT2D eigenvalue weighted by Crippen LogP contribution is -2.53. The van der Waals surface area contributed by atoms with Gasteiger partial charge in [-0.05, 0) is 46.9 Å². The number of benzene rings is 2. The number of nitrogens with one attached hydrogen (secondary N) is 5. The molecular weight excluding hydrogens is 686 g/mol. The van der Waals surface area contributed by atoms with E-state index in [-0.39, 0.29) is 35.7 Å². The summed E-state index contributed by atoms with van der Waals surface area (Å²) in [7, 11) is 2.81. The molecule has 4 aromatic rings. The Kier molecular flexibility index (Phi) is 11.5. The number of carbonyl (C=O) groups excluding carboxylic acids is 4. The molecule has 5 amide bonds. The molecule has 6 rings (SSSR count). The fourth-order valence-electron chi connectivity index (χ4n) is 7.06. The van der Waals surface area contributed by atoms with Crippen molar-refractivity contribution in [1.29, 1.82) is 0 Å². The van der Waals surface area contributed by atoms with Gasteiger partial charge in [-0.3, -0.25) is 9.59 Å². The van der Waals surface area contributed by atoms with Crippen LogP contribution in [-0.2, 0) is 14.3 Å². The number of methoxy groups -OCH3 is 1. The Hall–Kier alpha value is -5.92. The summed E-state index contributed by atoms with van der Waals surface area (Å²) in [6.07, 6.45) is 8.47. The number of aromatic amines is 2. The fraction of sp³-hybridized carbons (Fsp3) is 0.400. The normalized spacial score (nSPS) is 17.9. The number of aromatic nitrogens is 4. The highest BCUT2D eigenvalue weighted by molar-refractivity contribution is 5.88. The maximum atomic E-state index is 13.5. The summed E-state index contributed by atoms with van der Waals surface area (Å²) >= 11 is 0. The van der Waals surface area contributed by atoms with Crippen molar-refractivity contribution in [1.82, 2.24) is 45.7 Å². The standard InChI is InChI=1S/C40H49N9O5/c1-23(2)33(46-39(52)41-5)37(50)48-19-7-9-31(48)35-42-21-29(44-35)27-15-11-25(12-16-27)26-13-17-28(18-14-26)30-22-43-36(45-30)32-10-8-20-49(32)38(51)34(24(3)4)47-40(53)54-6/h7,9,11-18,21-24,31-34H,8,10,19-20H2,1-6H3,(H,42,44)(H,43,45)(H,47,53)(H2,41,46,52)/t31-,32?,33?,34-/m0/s1. The van der Waals surface area contributed by atoms with Crippen molar-refractivity contribution in [2.24, 2.45) is 11.8 Å². The first-order valence-corrected chi connectivity index (χ1v) is 18.4. The van der Waals surface area contributed by atoms with Crippen molar-refractivity contribution in [3.05, 3.63) is 84.7 Å². The smallest absolute Gasteiger partial charge is 0.407 e. The van der Waals surface area contributed by atoms with Crippen LogP contribution < -0.4 is 16.0 Å². The summed E-state index contributed by atoms with van der Waals surface area (Å²) in [6, 6.07) is 14.1. The summed E-state index contributed by atoms with van der Waals surface area (Å²) in [5.74, 6) is 0.871. The summed E-state index contributed by atoms with van der Waals surface area (Å²) in [6.45, 7) is 8.64. The number of carbonyl (C=O) groups is 4. The molecule has 1 saturated heterocycles. The van der Waals surface area contributed by atoms with E-state index in [9.17, 15) is 19.2 Å². The molecule has 0 saturated carbocycles. The molecule has 4 atom stereocenters. The van der Waals surface area contributed by atoms with Crippen LogP contribution in [0.4, 0.5) is 9.59 Å². The van der Waals surface area contributed by atoms with Gasteiger partial charge in [0.05, 0.1) is 36.9 Å². The predicted molar refractivity (Wildman–Crippen MR) is 205 cm³/mol. The Morgan fingerprint density at radius 1 is 0.759 bits per heavy atom. The maximum absolute atomic E-state index is 13.5. The van der Waals surface area contributed by atoms with Crippen LogP contribution in [-0.4, -0.2) is 93.0 Å². The molecule has 5 N–H and O–H groups in total. The molecule has 1 fully saturated rings. The zero-order chi connectivity index (χ0) is 38.5. The molecule has 2 aromatic heterocycles. The average Bonchev–Trinajstić information content (AvgIpc) is 4.02. The van der Waals surface area contributed by atoms with E-state index in [1.54, 1.807) is 22.2 Å². The Labute approximate surface area is 315 Å². The van der Waals surface area contributed by atoms with Crippen molar-refractivity contribution in [3.8, 4) is 33.6 Å². The lowest BCUT2D eigenvalue weighted by Gasteiger charge is -2.30. The average molecular weight is 736 g/mol. The van der Waals surface area contributed by atoms with Crippen LogP contribution in [0.5, 0.6) is 0 Å². The first-order valence-electron chi connectivity index (χ1n) is 18.4. The Balaban J connectivity index is 1.11. The van der Waals surface area contributed by atoms with E-state index < -0.39 is 24.2 Å². The molecule has 14 heteroatoms. The molecule has 2 aliphatic rings. The Bertz CT molecular complexity index is 1980. The Morgan fingerprint density at radius 3 is 1.83 bits per heavy atom. The van der Waals surface area contributed by atoms with Gasteiger partial charge in [-0.25, -0.2) is 19.6 Å². The number of rotatable bonds is 11. The molecule has 0 spiro atoms. The highest BCUT2D eigenvalue weighted by Crippen LogP contribution is 2.34. The molecule has 2 aliphatic heterocycles. The van der Waals surface area contributed by atoms with Gasteiger partial charge in [-0.1, -0.05) is 88.4 Å². The van der Waals surface area contributed by atoms with Crippen molar-refractivity contribution in [2.45, 2.75) is 64.7 Å². The molecule has 0 radical (unpaired) electrons. The largest absolute Gasteiger partial charge is 0.453 e. The lowest BCUT2D eigenvalue weighted by atomic mass is 10.0. The third-order valence-electron chi connectivity index (χ3n) is 10.1. The molecule has 14 nitrogen and oxygen atoms in total. The van der Waals surface area contributed by atoms with Crippen LogP contribution in [0.3, 0.4) is 0 Å².